The minimum atomic E-state index is 1.07. The third kappa shape index (κ3) is 2.61. The van der Waals surface area contributed by atoms with Gasteiger partial charge in [0, 0.05) is 8.95 Å². The molecule has 0 radical (unpaired) electrons. The van der Waals surface area contributed by atoms with Crippen LogP contribution in [-0.2, 0) is 19.3 Å². The fourth-order valence-electron chi connectivity index (χ4n) is 3.48. The van der Waals surface area contributed by atoms with Crippen molar-refractivity contribution in [2.24, 2.45) is 0 Å². The topological polar surface area (TPSA) is 0 Å². The summed E-state index contributed by atoms with van der Waals surface area (Å²) in [6, 6.07) is 9.13. The third-order valence-corrected chi connectivity index (χ3v) is 6.35. The van der Waals surface area contributed by atoms with Crippen LogP contribution in [0, 0.1) is 0 Å². The van der Waals surface area contributed by atoms with Crippen LogP contribution in [-0.4, -0.2) is 0 Å². The lowest BCUT2D eigenvalue weighted by molar-refractivity contribution is 0.910. The molecule has 0 bridgehead atoms. The van der Waals surface area contributed by atoms with Gasteiger partial charge in [-0.1, -0.05) is 44.9 Å². The molecule has 0 nitrogen and oxygen atoms in total. The Morgan fingerprint density at radius 2 is 1.71 bits per heavy atom. The normalized spacial score (nSPS) is 12.4. The molecule has 0 N–H and O–H groups in total. The Bertz CT molecular complexity index is 686. The van der Waals surface area contributed by atoms with Gasteiger partial charge < -0.3 is 0 Å². The lowest BCUT2D eigenvalue weighted by Crippen LogP contribution is -1.96. The van der Waals surface area contributed by atoms with E-state index < -0.39 is 0 Å². The number of hydrogen-bond donors (Lipinski definition) is 0. The minimum Gasteiger partial charge on any atom is -0.0651 e. The van der Waals surface area contributed by atoms with Crippen molar-refractivity contribution in [2.45, 2.75) is 46.0 Å². The van der Waals surface area contributed by atoms with Gasteiger partial charge in [-0.15, -0.1) is 0 Å². The Morgan fingerprint density at radius 1 is 0.952 bits per heavy atom. The van der Waals surface area contributed by atoms with E-state index in [4.69, 9.17) is 0 Å². The second kappa shape index (κ2) is 6.26. The zero-order valence-corrected chi connectivity index (χ0v) is 15.8. The van der Waals surface area contributed by atoms with Crippen LogP contribution < -0.4 is 0 Å². The second-order valence-corrected chi connectivity index (χ2v) is 7.46. The molecule has 0 heterocycles. The summed E-state index contributed by atoms with van der Waals surface area (Å²) in [5, 5.41) is 0. The first-order valence-corrected chi connectivity index (χ1v) is 9.36. The lowest BCUT2D eigenvalue weighted by Gasteiger charge is -2.15. The summed E-state index contributed by atoms with van der Waals surface area (Å²) in [7, 11) is 0. The maximum absolute atomic E-state index is 3.80. The van der Waals surface area contributed by atoms with Crippen LogP contribution in [0.1, 0.15) is 48.9 Å². The highest BCUT2D eigenvalue weighted by Crippen LogP contribution is 2.46. The van der Waals surface area contributed by atoms with Crippen molar-refractivity contribution in [3.63, 3.8) is 0 Å². The number of halogens is 2. The smallest absolute Gasteiger partial charge is 0.0355 e. The van der Waals surface area contributed by atoms with Crippen molar-refractivity contribution in [3.8, 4) is 11.1 Å². The van der Waals surface area contributed by atoms with Gasteiger partial charge in [-0.2, -0.15) is 0 Å². The van der Waals surface area contributed by atoms with Gasteiger partial charge in [-0.05, 0) is 90.6 Å². The second-order valence-electron chi connectivity index (χ2n) is 5.81. The highest BCUT2D eigenvalue weighted by atomic mass is 79.9. The van der Waals surface area contributed by atoms with Crippen molar-refractivity contribution in [3.05, 3.63) is 55.5 Å². The molecule has 0 saturated carbocycles. The highest BCUT2D eigenvalue weighted by molar-refractivity contribution is 9.13. The molecule has 0 aromatic heterocycles. The summed E-state index contributed by atoms with van der Waals surface area (Å²) in [5.41, 5.74) is 8.99. The predicted octanol–water partition coefficient (Wildman–Crippen LogP) is 6.69. The minimum absolute atomic E-state index is 1.07. The molecule has 3 rings (SSSR count). The molecule has 2 aromatic carbocycles. The first kappa shape index (κ1) is 15.3. The number of fused-ring (bicyclic) bond motifs is 3. The maximum atomic E-state index is 3.80. The molecule has 0 amide bonds. The summed E-state index contributed by atoms with van der Waals surface area (Å²) in [4.78, 5) is 0. The lowest BCUT2D eigenvalue weighted by atomic mass is 9.92. The molecular weight excluding hydrogens is 388 g/mol. The summed E-state index contributed by atoms with van der Waals surface area (Å²) in [5.74, 6) is 0. The average Bonchev–Trinajstić information content (AvgIpc) is 2.83. The Kier molecular flexibility index (Phi) is 4.56. The first-order valence-electron chi connectivity index (χ1n) is 7.78. The Morgan fingerprint density at radius 3 is 2.43 bits per heavy atom. The van der Waals surface area contributed by atoms with Crippen LogP contribution in [0.2, 0.25) is 0 Å². The Hall–Kier alpha value is -0.600. The highest BCUT2D eigenvalue weighted by Gasteiger charge is 2.26. The molecule has 0 atom stereocenters. The summed E-state index contributed by atoms with van der Waals surface area (Å²) < 4.78 is 2.43. The zero-order valence-electron chi connectivity index (χ0n) is 12.6. The number of rotatable bonds is 4. The van der Waals surface area contributed by atoms with Gasteiger partial charge in [0.05, 0.1) is 0 Å². The van der Waals surface area contributed by atoms with Gasteiger partial charge in [0.25, 0.3) is 0 Å². The standard InChI is InChI=1S/C19H20Br2/c1-3-6-12-8-5-9-13-10-14-11-16(20)19(21)15(7-4-2)18(14)17(12)13/h5,8-9,11H,3-4,6-7,10H2,1-2H3. The van der Waals surface area contributed by atoms with Gasteiger partial charge in [-0.25, -0.2) is 0 Å². The average molecular weight is 408 g/mol. The van der Waals surface area contributed by atoms with E-state index in [1.807, 2.05) is 0 Å². The van der Waals surface area contributed by atoms with Crippen LogP contribution in [0.15, 0.2) is 33.2 Å². The predicted molar refractivity (Wildman–Crippen MR) is 98.1 cm³/mol. The van der Waals surface area contributed by atoms with Crippen molar-refractivity contribution in [1.82, 2.24) is 0 Å². The van der Waals surface area contributed by atoms with E-state index in [1.54, 1.807) is 0 Å². The molecule has 2 aromatic rings. The van der Waals surface area contributed by atoms with Gasteiger partial charge in [0.15, 0.2) is 0 Å². The van der Waals surface area contributed by atoms with E-state index in [9.17, 15) is 0 Å². The number of benzene rings is 2. The molecule has 0 aliphatic heterocycles. The Balaban J connectivity index is 2.27. The first-order chi connectivity index (χ1) is 10.2. The fourth-order valence-corrected chi connectivity index (χ4v) is 4.50. The zero-order chi connectivity index (χ0) is 15.0. The quantitative estimate of drug-likeness (QED) is 0.451. The van der Waals surface area contributed by atoms with E-state index in [0.717, 1.165) is 12.8 Å². The molecule has 0 spiro atoms. The van der Waals surface area contributed by atoms with E-state index in [0.29, 0.717) is 0 Å². The van der Waals surface area contributed by atoms with Crippen LogP contribution in [0.4, 0.5) is 0 Å². The van der Waals surface area contributed by atoms with Crippen molar-refractivity contribution in [2.75, 3.05) is 0 Å². The van der Waals surface area contributed by atoms with Crippen LogP contribution >= 0.6 is 31.9 Å². The van der Waals surface area contributed by atoms with Crippen LogP contribution in [0.3, 0.4) is 0 Å². The molecule has 0 saturated heterocycles. The summed E-state index contributed by atoms with van der Waals surface area (Å²) in [6.07, 6.45) is 5.74. The number of hydrogen-bond acceptors (Lipinski definition) is 0. The Labute approximate surface area is 144 Å². The van der Waals surface area contributed by atoms with E-state index in [-0.39, 0.29) is 0 Å². The van der Waals surface area contributed by atoms with Gasteiger partial charge in [0.2, 0.25) is 0 Å². The van der Waals surface area contributed by atoms with Crippen LogP contribution in [0.5, 0.6) is 0 Å². The molecule has 21 heavy (non-hydrogen) atoms. The largest absolute Gasteiger partial charge is 0.0651 e. The van der Waals surface area contributed by atoms with Crippen molar-refractivity contribution in [1.29, 1.82) is 0 Å². The maximum Gasteiger partial charge on any atom is 0.0355 e. The SMILES string of the molecule is CCCc1cccc2c1-c1c(cc(Br)c(Br)c1CCC)C2. The summed E-state index contributed by atoms with van der Waals surface area (Å²) in [6.45, 7) is 4.52. The van der Waals surface area contributed by atoms with Crippen LogP contribution in [0.25, 0.3) is 11.1 Å². The third-order valence-electron chi connectivity index (χ3n) is 4.29. The van der Waals surface area contributed by atoms with E-state index >= 15 is 0 Å². The van der Waals surface area contributed by atoms with Gasteiger partial charge in [-0.3, -0.25) is 0 Å². The molecule has 1 aliphatic rings. The molecule has 2 heteroatoms. The molecule has 110 valence electrons. The van der Waals surface area contributed by atoms with E-state index in [1.165, 1.54) is 61.6 Å². The molecule has 1 aliphatic carbocycles. The monoisotopic (exact) mass is 406 g/mol. The van der Waals surface area contributed by atoms with Crippen molar-refractivity contribution >= 4 is 31.9 Å². The van der Waals surface area contributed by atoms with Gasteiger partial charge >= 0.3 is 0 Å². The fraction of sp³-hybridized carbons (Fsp3) is 0.368. The van der Waals surface area contributed by atoms with Crippen molar-refractivity contribution < 1.29 is 0 Å². The van der Waals surface area contributed by atoms with Gasteiger partial charge in [0.1, 0.15) is 0 Å². The number of aryl methyl sites for hydroxylation is 1. The van der Waals surface area contributed by atoms with E-state index in [2.05, 4.69) is 70.0 Å². The molecule has 0 fully saturated rings. The molecular formula is C19H20Br2. The molecule has 0 unspecified atom stereocenters. The summed E-state index contributed by atoms with van der Waals surface area (Å²) >= 11 is 7.52.